The molecule has 0 spiro atoms. The van der Waals surface area contributed by atoms with Crippen molar-refractivity contribution in [1.29, 1.82) is 0 Å². The number of hydrogen-bond acceptors (Lipinski definition) is 5. The van der Waals surface area contributed by atoms with E-state index in [1.807, 2.05) is 37.3 Å². The standard InChI is InChI=1S/C24H23ClN2O5S/c1-15-18(12-17-4-2-3-5-22(17)32-15)13-21(24(29)26-20-10-11-33(30,31)14-20)27-23(28)16-6-8-19(25)9-7-16/h2-9,12-13,15,20H,10-11,14H2,1H3,(H,26,29)(H,27,28)/b21-13-. The fourth-order valence-corrected chi connectivity index (χ4v) is 5.51. The summed E-state index contributed by atoms with van der Waals surface area (Å²) < 4.78 is 29.5. The molecule has 172 valence electrons. The van der Waals surface area contributed by atoms with Gasteiger partial charge in [-0.1, -0.05) is 29.8 Å². The number of sulfone groups is 1. The first-order chi connectivity index (χ1) is 15.7. The zero-order valence-electron chi connectivity index (χ0n) is 17.9. The van der Waals surface area contributed by atoms with Crippen molar-refractivity contribution in [3.63, 3.8) is 0 Å². The molecule has 33 heavy (non-hydrogen) atoms. The summed E-state index contributed by atoms with van der Waals surface area (Å²) in [6.45, 7) is 1.85. The van der Waals surface area contributed by atoms with Crippen molar-refractivity contribution in [2.45, 2.75) is 25.5 Å². The summed E-state index contributed by atoms with van der Waals surface area (Å²) in [7, 11) is -3.17. The van der Waals surface area contributed by atoms with E-state index in [-0.39, 0.29) is 23.3 Å². The first-order valence-electron chi connectivity index (χ1n) is 10.5. The predicted molar refractivity (Wildman–Crippen MR) is 127 cm³/mol. The van der Waals surface area contributed by atoms with Gasteiger partial charge < -0.3 is 15.4 Å². The van der Waals surface area contributed by atoms with Crippen molar-refractivity contribution in [3.05, 3.63) is 82.0 Å². The third-order valence-corrected chi connectivity index (χ3v) is 7.51. The number of benzene rings is 2. The van der Waals surface area contributed by atoms with Gasteiger partial charge in [-0.05, 0) is 61.4 Å². The molecule has 2 heterocycles. The highest BCUT2D eigenvalue weighted by atomic mass is 35.5. The number of para-hydroxylation sites is 1. The molecule has 2 aliphatic rings. The number of ether oxygens (including phenoxy) is 1. The molecule has 2 amide bonds. The van der Waals surface area contributed by atoms with Gasteiger partial charge in [-0.3, -0.25) is 9.59 Å². The Morgan fingerprint density at radius 2 is 1.85 bits per heavy atom. The lowest BCUT2D eigenvalue weighted by atomic mass is 10.0. The maximum Gasteiger partial charge on any atom is 0.268 e. The van der Waals surface area contributed by atoms with Crippen molar-refractivity contribution in [1.82, 2.24) is 10.6 Å². The fraction of sp³-hybridized carbons (Fsp3) is 0.250. The van der Waals surface area contributed by atoms with E-state index >= 15 is 0 Å². The third kappa shape index (κ3) is 5.64. The van der Waals surface area contributed by atoms with Gasteiger partial charge in [0, 0.05) is 22.2 Å². The Labute approximate surface area is 197 Å². The molecule has 0 aromatic heterocycles. The Morgan fingerprint density at radius 3 is 2.55 bits per heavy atom. The summed E-state index contributed by atoms with van der Waals surface area (Å²) in [4.78, 5) is 25.9. The van der Waals surface area contributed by atoms with E-state index in [1.54, 1.807) is 30.3 Å². The summed E-state index contributed by atoms with van der Waals surface area (Å²) >= 11 is 5.90. The summed E-state index contributed by atoms with van der Waals surface area (Å²) in [5.74, 6) is -0.411. The number of fused-ring (bicyclic) bond motifs is 1. The van der Waals surface area contributed by atoms with Crippen LogP contribution in [0, 0.1) is 0 Å². The Bertz CT molecular complexity index is 1250. The Kier molecular flexibility index (Phi) is 6.58. The molecule has 0 saturated carbocycles. The molecule has 2 aliphatic heterocycles. The molecule has 2 aromatic carbocycles. The minimum absolute atomic E-state index is 0.000305. The van der Waals surface area contributed by atoms with Crippen LogP contribution in [0.1, 0.15) is 29.3 Å². The number of carbonyl (C=O) groups is 2. The van der Waals surface area contributed by atoms with Crippen LogP contribution in [0.25, 0.3) is 6.08 Å². The largest absolute Gasteiger partial charge is 0.485 e. The first-order valence-corrected chi connectivity index (χ1v) is 12.7. The lowest BCUT2D eigenvalue weighted by molar-refractivity contribution is -0.118. The minimum atomic E-state index is -3.17. The summed E-state index contributed by atoms with van der Waals surface area (Å²) in [5, 5.41) is 5.88. The van der Waals surface area contributed by atoms with Gasteiger partial charge in [0.1, 0.15) is 17.6 Å². The molecular weight excluding hydrogens is 464 g/mol. The predicted octanol–water partition coefficient (Wildman–Crippen LogP) is 3.12. The molecule has 0 bridgehead atoms. The van der Waals surface area contributed by atoms with Crippen LogP contribution in [0.4, 0.5) is 0 Å². The van der Waals surface area contributed by atoms with E-state index in [0.717, 1.165) is 11.3 Å². The van der Waals surface area contributed by atoms with Gasteiger partial charge in [0.2, 0.25) is 0 Å². The Morgan fingerprint density at radius 1 is 1.12 bits per heavy atom. The molecule has 0 aliphatic carbocycles. The molecule has 0 radical (unpaired) electrons. The SMILES string of the molecule is CC1Oc2ccccc2C=C1/C=C(\NC(=O)c1ccc(Cl)cc1)C(=O)NC1CCS(=O)(=O)C1. The molecular formula is C24H23ClN2O5S. The Hall–Kier alpha value is -3.10. The van der Waals surface area contributed by atoms with Crippen LogP contribution in [0.15, 0.2) is 65.9 Å². The molecule has 1 fully saturated rings. The number of amides is 2. The maximum absolute atomic E-state index is 13.1. The molecule has 2 atom stereocenters. The minimum Gasteiger partial charge on any atom is -0.485 e. The van der Waals surface area contributed by atoms with Gasteiger partial charge in [-0.2, -0.15) is 0 Å². The third-order valence-electron chi connectivity index (χ3n) is 5.49. The lowest BCUT2D eigenvalue weighted by Gasteiger charge is -2.23. The van der Waals surface area contributed by atoms with Gasteiger partial charge in [0.05, 0.1) is 11.5 Å². The van der Waals surface area contributed by atoms with E-state index in [9.17, 15) is 18.0 Å². The number of hydrogen-bond donors (Lipinski definition) is 2. The van der Waals surface area contributed by atoms with Crippen molar-refractivity contribution in [3.8, 4) is 5.75 Å². The van der Waals surface area contributed by atoms with Crippen LogP contribution in [0.5, 0.6) is 5.75 Å². The van der Waals surface area contributed by atoms with E-state index in [2.05, 4.69) is 10.6 Å². The smallest absolute Gasteiger partial charge is 0.268 e. The van der Waals surface area contributed by atoms with Crippen molar-refractivity contribution < 1.29 is 22.7 Å². The zero-order chi connectivity index (χ0) is 23.6. The number of carbonyl (C=O) groups excluding carboxylic acids is 2. The molecule has 2 unspecified atom stereocenters. The van der Waals surface area contributed by atoms with E-state index in [0.29, 0.717) is 22.6 Å². The van der Waals surface area contributed by atoms with Crippen LogP contribution in [-0.2, 0) is 14.6 Å². The second-order valence-electron chi connectivity index (χ2n) is 8.03. The monoisotopic (exact) mass is 486 g/mol. The highest BCUT2D eigenvalue weighted by molar-refractivity contribution is 7.91. The topological polar surface area (TPSA) is 102 Å². The number of halogens is 1. The summed E-state index contributed by atoms with van der Waals surface area (Å²) in [5.41, 5.74) is 1.87. The molecule has 2 aromatic rings. The number of nitrogens with one attached hydrogen (secondary N) is 2. The average molecular weight is 487 g/mol. The van der Waals surface area contributed by atoms with Crippen LogP contribution in [0.2, 0.25) is 5.02 Å². The highest BCUT2D eigenvalue weighted by Crippen LogP contribution is 2.30. The second-order valence-corrected chi connectivity index (χ2v) is 10.7. The Balaban J connectivity index is 1.63. The molecule has 1 saturated heterocycles. The molecule has 4 rings (SSSR count). The van der Waals surface area contributed by atoms with E-state index in [4.69, 9.17) is 16.3 Å². The normalized spacial score (nSPS) is 21.4. The second kappa shape index (κ2) is 9.41. The average Bonchev–Trinajstić information content (AvgIpc) is 3.12. The highest BCUT2D eigenvalue weighted by Gasteiger charge is 2.30. The van der Waals surface area contributed by atoms with Crippen LogP contribution in [0.3, 0.4) is 0 Å². The maximum atomic E-state index is 13.1. The quantitative estimate of drug-likeness (QED) is 0.632. The summed E-state index contributed by atoms with van der Waals surface area (Å²) in [6, 6.07) is 13.3. The first kappa shape index (κ1) is 23.1. The van der Waals surface area contributed by atoms with Crippen molar-refractivity contribution >= 4 is 39.3 Å². The van der Waals surface area contributed by atoms with Gasteiger partial charge >= 0.3 is 0 Å². The van der Waals surface area contributed by atoms with Gasteiger partial charge in [-0.15, -0.1) is 0 Å². The van der Waals surface area contributed by atoms with Crippen LogP contribution < -0.4 is 15.4 Å². The zero-order valence-corrected chi connectivity index (χ0v) is 19.4. The molecule has 9 heteroatoms. The summed E-state index contributed by atoms with van der Waals surface area (Å²) in [6.07, 6.45) is 3.43. The van der Waals surface area contributed by atoms with E-state index in [1.165, 1.54) is 0 Å². The molecule has 7 nitrogen and oxygen atoms in total. The lowest BCUT2D eigenvalue weighted by Crippen LogP contribution is -2.41. The van der Waals surface area contributed by atoms with Crippen molar-refractivity contribution in [2.75, 3.05) is 11.5 Å². The van der Waals surface area contributed by atoms with Crippen molar-refractivity contribution in [2.24, 2.45) is 0 Å². The van der Waals surface area contributed by atoms with E-state index < -0.39 is 27.7 Å². The van der Waals surface area contributed by atoms with Crippen LogP contribution >= 0.6 is 11.6 Å². The van der Waals surface area contributed by atoms with Gasteiger partial charge in [0.15, 0.2) is 9.84 Å². The fourth-order valence-electron chi connectivity index (χ4n) is 3.71. The van der Waals surface area contributed by atoms with Crippen LogP contribution in [-0.4, -0.2) is 43.9 Å². The van der Waals surface area contributed by atoms with Gasteiger partial charge in [-0.25, -0.2) is 8.42 Å². The number of rotatable bonds is 5. The van der Waals surface area contributed by atoms with Gasteiger partial charge in [0.25, 0.3) is 11.8 Å². The molecule has 2 N–H and O–H groups in total.